The summed E-state index contributed by atoms with van der Waals surface area (Å²) in [4.78, 5) is 1.21. The maximum Gasteiger partial charge on any atom is 0.0931 e. The second-order valence-corrected chi connectivity index (χ2v) is 7.13. The van der Waals surface area contributed by atoms with Crippen molar-refractivity contribution in [2.45, 2.75) is 18.8 Å². The molecule has 1 aromatic carbocycles. The van der Waals surface area contributed by atoms with Crippen molar-refractivity contribution in [2.75, 3.05) is 11.8 Å². The first-order valence-electron chi connectivity index (χ1n) is 6.03. The first-order chi connectivity index (χ1) is 9.09. The van der Waals surface area contributed by atoms with Crippen LogP contribution in [0.15, 0.2) is 36.4 Å². The summed E-state index contributed by atoms with van der Waals surface area (Å²) < 4.78 is 0.803. The van der Waals surface area contributed by atoms with Gasteiger partial charge in [-0.25, -0.2) is 0 Å². The zero-order chi connectivity index (χ0) is 13.9. The number of alkyl halides is 2. The van der Waals surface area contributed by atoms with Crippen molar-refractivity contribution in [3.05, 3.63) is 56.7 Å². The molecule has 0 bridgehead atoms. The first kappa shape index (κ1) is 15.2. The molecule has 0 saturated heterocycles. The van der Waals surface area contributed by atoms with E-state index in [1.807, 2.05) is 6.07 Å². The molecule has 0 atom stereocenters. The van der Waals surface area contributed by atoms with E-state index < -0.39 is 0 Å². The lowest BCUT2D eigenvalue weighted by atomic mass is 9.80. The Morgan fingerprint density at radius 2 is 1.63 bits per heavy atom. The maximum absolute atomic E-state index is 6.24. The van der Waals surface area contributed by atoms with Crippen LogP contribution >= 0.6 is 46.1 Å². The van der Waals surface area contributed by atoms with Gasteiger partial charge in [0.05, 0.1) is 4.34 Å². The van der Waals surface area contributed by atoms with E-state index in [9.17, 15) is 0 Å². The molecule has 2 aromatic rings. The van der Waals surface area contributed by atoms with E-state index in [4.69, 9.17) is 34.8 Å². The van der Waals surface area contributed by atoms with Crippen molar-refractivity contribution >= 4 is 46.1 Å². The quantitative estimate of drug-likeness (QED) is 0.619. The van der Waals surface area contributed by atoms with E-state index in [0.29, 0.717) is 11.8 Å². The monoisotopic (exact) mass is 332 g/mol. The number of aryl methyl sites for hydroxylation is 1. The van der Waals surface area contributed by atoms with Crippen LogP contribution in [-0.4, -0.2) is 11.8 Å². The SMILES string of the molecule is Cc1ccc(C(CCl)(CCl)Cc2ccc(Cl)s2)cc1. The van der Waals surface area contributed by atoms with Crippen molar-refractivity contribution in [3.8, 4) is 0 Å². The lowest BCUT2D eigenvalue weighted by Crippen LogP contribution is -2.33. The molecule has 19 heavy (non-hydrogen) atoms. The van der Waals surface area contributed by atoms with Crippen LogP contribution in [0.1, 0.15) is 16.0 Å². The minimum Gasteiger partial charge on any atom is -0.128 e. The fourth-order valence-corrected chi connectivity index (χ4v) is 4.09. The zero-order valence-corrected chi connectivity index (χ0v) is 13.7. The third kappa shape index (κ3) is 3.46. The summed E-state index contributed by atoms with van der Waals surface area (Å²) in [5.41, 5.74) is 2.19. The topological polar surface area (TPSA) is 0 Å². The molecule has 0 spiro atoms. The minimum absolute atomic E-state index is 0.231. The Bertz CT molecular complexity index is 527. The fraction of sp³-hybridized carbons (Fsp3) is 0.333. The van der Waals surface area contributed by atoms with Gasteiger partial charge in [-0.1, -0.05) is 41.4 Å². The molecule has 0 aliphatic rings. The number of rotatable bonds is 5. The lowest BCUT2D eigenvalue weighted by Gasteiger charge is -2.30. The van der Waals surface area contributed by atoms with Crippen LogP contribution < -0.4 is 0 Å². The van der Waals surface area contributed by atoms with E-state index in [1.165, 1.54) is 16.0 Å². The zero-order valence-electron chi connectivity index (χ0n) is 10.6. The van der Waals surface area contributed by atoms with Crippen molar-refractivity contribution in [1.29, 1.82) is 0 Å². The number of benzene rings is 1. The summed E-state index contributed by atoms with van der Waals surface area (Å²) in [5.74, 6) is 0.990. The van der Waals surface area contributed by atoms with Gasteiger partial charge in [0.15, 0.2) is 0 Å². The van der Waals surface area contributed by atoms with Crippen LogP contribution in [0.2, 0.25) is 4.34 Å². The number of thiophene rings is 1. The number of hydrogen-bond donors (Lipinski definition) is 0. The highest BCUT2D eigenvalue weighted by atomic mass is 35.5. The van der Waals surface area contributed by atoms with E-state index >= 15 is 0 Å². The van der Waals surface area contributed by atoms with E-state index in [2.05, 4.69) is 37.3 Å². The third-order valence-corrected chi connectivity index (χ3v) is 5.57. The van der Waals surface area contributed by atoms with E-state index in [1.54, 1.807) is 11.3 Å². The molecule has 2 rings (SSSR count). The summed E-state index contributed by atoms with van der Waals surface area (Å²) in [6.07, 6.45) is 0.820. The highest BCUT2D eigenvalue weighted by Gasteiger charge is 2.31. The average Bonchev–Trinajstić information content (AvgIpc) is 2.82. The number of halogens is 3. The second kappa shape index (κ2) is 6.49. The van der Waals surface area contributed by atoms with Crippen LogP contribution in [0.3, 0.4) is 0 Å². The van der Waals surface area contributed by atoms with Crippen LogP contribution in [-0.2, 0) is 11.8 Å². The molecule has 0 aliphatic carbocycles. The van der Waals surface area contributed by atoms with Gasteiger partial charge >= 0.3 is 0 Å². The molecule has 0 unspecified atom stereocenters. The molecule has 1 aromatic heterocycles. The standard InChI is InChI=1S/C15H15Cl3S/c1-11-2-4-12(5-3-11)15(9-16,10-17)8-13-6-7-14(18)19-13/h2-7H,8-10H2,1H3. The van der Waals surface area contributed by atoms with Crippen LogP contribution in [0, 0.1) is 6.92 Å². The van der Waals surface area contributed by atoms with Gasteiger partial charge in [0.2, 0.25) is 0 Å². The average molecular weight is 334 g/mol. The number of hydrogen-bond acceptors (Lipinski definition) is 1. The summed E-state index contributed by atoms with van der Waals surface area (Å²) >= 11 is 20.1. The molecule has 0 fully saturated rings. The van der Waals surface area contributed by atoms with Crippen molar-refractivity contribution in [3.63, 3.8) is 0 Å². The highest BCUT2D eigenvalue weighted by Crippen LogP contribution is 2.35. The highest BCUT2D eigenvalue weighted by molar-refractivity contribution is 7.16. The second-order valence-electron chi connectivity index (χ2n) is 4.80. The van der Waals surface area contributed by atoms with Crippen LogP contribution in [0.4, 0.5) is 0 Å². The van der Waals surface area contributed by atoms with Gasteiger partial charge in [-0.3, -0.25) is 0 Å². The lowest BCUT2D eigenvalue weighted by molar-refractivity contribution is 0.541. The van der Waals surface area contributed by atoms with E-state index in [0.717, 1.165) is 10.8 Å². The Morgan fingerprint density at radius 3 is 2.11 bits per heavy atom. The van der Waals surface area contributed by atoms with Gasteiger partial charge in [0, 0.05) is 22.1 Å². The van der Waals surface area contributed by atoms with Gasteiger partial charge in [-0.2, -0.15) is 0 Å². The predicted molar refractivity (Wildman–Crippen MR) is 87.3 cm³/mol. The summed E-state index contributed by atoms with van der Waals surface area (Å²) in [6.45, 7) is 2.08. The Labute approximate surface area is 133 Å². The normalized spacial score (nSPS) is 11.8. The molecule has 102 valence electrons. The molecule has 0 amide bonds. The summed E-state index contributed by atoms with van der Waals surface area (Å²) in [6, 6.07) is 12.4. The van der Waals surface area contributed by atoms with Crippen LogP contribution in [0.5, 0.6) is 0 Å². The largest absolute Gasteiger partial charge is 0.128 e. The third-order valence-electron chi connectivity index (χ3n) is 3.32. The van der Waals surface area contributed by atoms with Gasteiger partial charge < -0.3 is 0 Å². The van der Waals surface area contributed by atoms with Gasteiger partial charge in [-0.05, 0) is 31.0 Å². The Balaban J connectivity index is 2.33. The molecule has 0 nitrogen and oxygen atoms in total. The minimum atomic E-state index is -0.231. The Morgan fingerprint density at radius 1 is 1.00 bits per heavy atom. The summed E-state index contributed by atoms with van der Waals surface area (Å²) in [7, 11) is 0. The molecular formula is C15H15Cl3S. The van der Waals surface area contributed by atoms with Crippen molar-refractivity contribution < 1.29 is 0 Å². The smallest absolute Gasteiger partial charge is 0.0931 e. The first-order valence-corrected chi connectivity index (χ1v) is 8.29. The molecule has 0 N–H and O–H groups in total. The van der Waals surface area contributed by atoms with Crippen LogP contribution in [0.25, 0.3) is 0 Å². The molecule has 0 saturated carbocycles. The summed E-state index contributed by atoms with van der Waals surface area (Å²) in [5, 5.41) is 0. The van der Waals surface area contributed by atoms with Gasteiger partial charge in [-0.15, -0.1) is 34.5 Å². The fourth-order valence-electron chi connectivity index (χ4n) is 2.07. The molecular weight excluding hydrogens is 319 g/mol. The van der Waals surface area contributed by atoms with E-state index in [-0.39, 0.29) is 5.41 Å². The maximum atomic E-state index is 6.24. The molecule has 0 radical (unpaired) electrons. The van der Waals surface area contributed by atoms with Gasteiger partial charge in [0.25, 0.3) is 0 Å². The predicted octanol–water partition coefficient (Wildman–Crippen LogP) is 5.67. The molecule has 0 aliphatic heterocycles. The van der Waals surface area contributed by atoms with Gasteiger partial charge in [0.1, 0.15) is 0 Å². The Kier molecular flexibility index (Phi) is 5.19. The molecule has 1 heterocycles. The van der Waals surface area contributed by atoms with Crippen molar-refractivity contribution in [2.24, 2.45) is 0 Å². The van der Waals surface area contributed by atoms with Crippen molar-refractivity contribution in [1.82, 2.24) is 0 Å². The molecule has 4 heteroatoms. The Hall–Kier alpha value is -0.210.